The maximum absolute atomic E-state index is 13.3. The molecule has 0 fully saturated rings. The molecular weight excluding hydrogens is 470 g/mol. The van der Waals surface area contributed by atoms with E-state index >= 15 is 0 Å². The third-order valence-corrected chi connectivity index (χ3v) is 7.39. The van der Waals surface area contributed by atoms with Crippen LogP contribution in [0.5, 0.6) is 5.75 Å². The van der Waals surface area contributed by atoms with Crippen molar-refractivity contribution in [2.24, 2.45) is 0 Å². The van der Waals surface area contributed by atoms with Gasteiger partial charge in [-0.15, -0.1) is 0 Å². The van der Waals surface area contributed by atoms with E-state index < -0.39 is 9.84 Å². The maximum atomic E-state index is 13.3. The summed E-state index contributed by atoms with van der Waals surface area (Å²) in [5, 5.41) is 14.6. The first-order valence-corrected chi connectivity index (χ1v) is 13.1. The van der Waals surface area contributed by atoms with Crippen LogP contribution < -0.4 is 4.74 Å². The Hall–Kier alpha value is -4.15. The molecule has 0 atom stereocenters. The van der Waals surface area contributed by atoms with Crippen LogP contribution >= 0.6 is 0 Å². The first-order valence-electron chi connectivity index (χ1n) is 11.7. The lowest BCUT2D eigenvalue weighted by molar-refractivity contribution is 0.317. The summed E-state index contributed by atoms with van der Waals surface area (Å²) in [6.45, 7) is 6.51. The highest BCUT2D eigenvalue weighted by Gasteiger charge is 2.23. The molecule has 0 saturated carbocycles. The van der Waals surface area contributed by atoms with Gasteiger partial charge in [-0.25, -0.2) is 13.1 Å². The molecule has 0 bridgehead atoms. The average molecular weight is 498 g/mol. The fourth-order valence-corrected chi connectivity index (χ4v) is 4.93. The molecule has 7 heteroatoms. The van der Waals surface area contributed by atoms with Gasteiger partial charge in [0.05, 0.1) is 17.2 Å². The molecule has 4 rings (SSSR count). The number of rotatable bonds is 8. The molecule has 0 radical (unpaired) electrons. The number of aryl methyl sites for hydroxylation is 2. The number of hydrogen-bond donors (Lipinski definition) is 0. The Balaban J connectivity index is 1.86. The van der Waals surface area contributed by atoms with E-state index in [1.54, 1.807) is 23.0 Å². The van der Waals surface area contributed by atoms with Crippen LogP contribution in [0.4, 0.5) is 0 Å². The van der Waals surface area contributed by atoms with Crippen LogP contribution in [0.3, 0.4) is 0 Å². The minimum Gasteiger partial charge on any atom is -0.494 e. The van der Waals surface area contributed by atoms with Gasteiger partial charge in [-0.2, -0.15) is 10.4 Å². The Kier molecular flexibility index (Phi) is 7.37. The van der Waals surface area contributed by atoms with Crippen LogP contribution in [0.15, 0.2) is 88.8 Å². The molecule has 0 amide bonds. The fraction of sp³-hybridized carbons (Fsp3) is 0.172. The molecule has 0 aliphatic rings. The lowest BCUT2D eigenvalue weighted by Crippen LogP contribution is -2.03. The van der Waals surface area contributed by atoms with Gasteiger partial charge >= 0.3 is 0 Å². The van der Waals surface area contributed by atoms with Crippen molar-refractivity contribution >= 4 is 15.9 Å². The molecule has 6 nitrogen and oxygen atoms in total. The van der Waals surface area contributed by atoms with E-state index in [0.29, 0.717) is 17.9 Å². The topological polar surface area (TPSA) is 85.0 Å². The molecule has 182 valence electrons. The molecule has 1 aromatic heterocycles. The zero-order valence-electron chi connectivity index (χ0n) is 20.5. The van der Waals surface area contributed by atoms with Gasteiger partial charge in [0.1, 0.15) is 22.4 Å². The van der Waals surface area contributed by atoms with Gasteiger partial charge < -0.3 is 4.74 Å². The van der Waals surface area contributed by atoms with Gasteiger partial charge in [-0.05, 0) is 74.4 Å². The van der Waals surface area contributed by atoms with Crippen molar-refractivity contribution in [1.29, 1.82) is 5.26 Å². The number of sulfone groups is 1. The highest BCUT2D eigenvalue weighted by molar-refractivity contribution is 7.95. The predicted octanol–water partition coefficient (Wildman–Crippen LogP) is 6.28. The molecule has 0 saturated heterocycles. The number of ether oxygens (including phenoxy) is 1. The van der Waals surface area contributed by atoms with Crippen molar-refractivity contribution in [3.63, 3.8) is 0 Å². The summed E-state index contributed by atoms with van der Waals surface area (Å²) in [7, 11) is -4.00. The average Bonchev–Trinajstić information content (AvgIpc) is 3.30. The predicted molar refractivity (Wildman–Crippen MR) is 141 cm³/mol. The van der Waals surface area contributed by atoms with E-state index in [9.17, 15) is 13.7 Å². The normalized spacial score (nSPS) is 11.8. The van der Waals surface area contributed by atoms with E-state index in [1.165, 1.54) is 18.2 Å². The number of aromatic nitrogens is 2. The smallest absolute Gasteiger partial charge is 0.216 e. The van der Waals surface area contributed by atoms with Crippen LogP contribution in [0, 0.1) is 25.2 Å². The number of nitrogens with zero attached hydrogens (tertiary/aromatic N) is 3. The SMILES string of the molecule is CCCOc1ccc(-c2nn(-c3ccccc3)cc2C=C(C#N)S(=O)(=O)c2ccc(C)cc2)c(C)c1. The number of nitriles is 1. The Labute approximate surface area is 212 Å². The minimum atomic E-state index is -4.00. The molecular formula is C29H27N3O3S. The summed E-state index contributed by atoms with van der Waals surface area (Å²) in [6, 6.07) is 23.6. The van der Waals surface area contributed by atoms with Gasteiger partial charge in [0, 0.05) is 17.3 Å². The zero-order valence-corrected chi connectivity index (χ0v) is 21.3. The summed E-state index contributed by atoms with van der Waals surface area (Å²) in [4.78, 5) is -0.271. The van der Waals surface area contributed by atoms with Crippen molar-refractivity contribution in [3.8, 4) is 28.8 Å². The van der Waals surface area contributed by atoms with E-state index in [0.717, 1.165) is 34.5 Å². The molecule has 3 aromatic carbocycles. The second-order valence-electron chi connectivity index (χ2n) is 8.48. The largest absolute Gasteiger partial charge is 0.494 e. The first kappa shape index (κ1) is 25.0. The molecule has 0 unspecified atom stereocenters. The standard InChI is InChI=1S/C29H27N3O3S/c1-4-16-35-25-12-15-28(22(3)17-25)29-23(20-32(31-29)24-8-6-5-7-9-24)18-27(19-30)36(33,34)26-13-10-21(2)11-14-26/h5-15,17-18,20H,4,16H2,1-3H3. The first-order chi connectivity index (χ1) is 17.3. The van der Waals surface area contributed by atoms with Crippen molar-refractivity contribution in [3.05, 3.63) is 101 Å². The van der Waals surface area contributed by atoms with Crippen LogP contribution in [0.25, 0.3) is 23.0 Å². The highest BCUT2D eigenvalue weighted by Crippen LogP contribution is 2.32. The van der Waals surface area contributed by atoms with Crippen LogP contribution in [0.2, 0.25) is 0 Å². The molecule has 0 spiro atoms. The third kappa shape index (κ3) is 5.24. The number of para-hydroxylation sites is 1. The number of benzene rings is 3. The summed E-state index contributed by atoms with van der Waals surface area (Å²) in [5.41, 5.74) is 4.60. The number of allylic oxidation sites excluding steroid dienone is 1. The van der Waals surface area contributed by atoms with Gasteiger partial charge in [-0.1, -0.05) is 42.8 Å². The highest BCUT2D eigenvalue weighted by atomic mass is 32.2. The molecule has 36 heavy (non-hydrogen) atoms. The fourth-order valence-electron chi connectivity index (χ4n) is 3.78. The van der Waals surface area contributed by atoms with Crippen molar-refractivity contribution in [1.82, 2.24) is 9.78 Å². The molecule has 4 aromatic rings. The second-order valence-corrected chi connectivity index (χ2v) is 10.4. The monoisotopic (exact) mass is 497 g/mol. The Bertz CT molecular complexity index is 1550. The molecule has 1 heterocycles. The van der Waals surface area contributed by atoms with Gasteiger partial charge in [0.15, 0.2) is 0 Å². The van der Waals surface area contributed by atoms with Gasteiger partial charge in [0.2, 0.25) is 9.84 Å². The van der Waals surface area contributed by atoms with Crippen LogP contribution in [-0.2, 0) is 9.84 Å². The second kappa shape index (κ2) is 10.6. The van der Waals surface area contributed by atoms with Crippen LogP contribution in [-0.4, -0.2) is 24.8 Å². The van der Waals surface area contributed by atoms with E-state index in [4.69, 9.17) is 9.84 Å². The lowest BCUT2D eigenvalue weighted by atomic mass is 10.0. The quantitative estimate of drug-likeness (QED) is 0.267. The summed E-state index contributed by atoms with van der Waals surface area (Å²) < 4.78 is 34.0. The Morgan fingerprint density at radius 2 is 1.78 bits per heavy atom. The van der Waals surface area contributed by atoms with E-state index in [-0.39, 0.29) is 9.80 Å². The Morgan fingerprint density at radius 3 is 2.42 bits per heavy atom. The summed E-state index contributed by atoms with van der Waals surface area (Å²) in [6.07, 6.45) is 4.05. The van der Waals surface area contributed by atoms with Crippen molar-refractivity contribution in [2.75, 3.05) is 6.61 Å². The van der Waals surface area contributed by atoms with E-state index in [2.05, 4.69) is 0 Å². The van der Waals surface area contributed by atoms with Crippen molar-refractivity contribution in [2.45, 2.75) is 32.1 Å². The lowest BCUT2D eigenvalue weighted by Gasteiger charge is -2.09. The summed E-state index contributed by atoms with van der Waals surface area (Å²) >= 11 is 0. The molecule has 0 aliphatic heterocycles. The molecule has 0 N–H and O–H groups in total. The zero-order chi connectivity index (χ0) is 25.7. The Morgan fingerprint density at radius 1 is 1.06 bits per heavy atom. The minimum absolute atomic E-state index is 0.0755. The molecule has 0 aliphatic carbocycles. The van der Waals surface area contributed by atoms with Gasteiger partial charge in [-0.3, -0.25) is 0 Å². The van der Waals surface area contributed by atoms with E-state index in [1.807, 2.05) is 75.4 Å². The maximum Gasteiger partial charge on any atom is 0.216 e. The van der Waals surface area contributed by atoms with Crippen LogP contribution in [0.1, 0.15) is 30.0 Å². The van der Waals surface area contributed by atoms with Gasteiger partial charge in [0.25, 0.3) is 0 Å². The number of hydrogen-bond acceptors (Lipinski definition) is 5. The summed E-state index contributed by atoms with van der Waals surface area (Å²) in [5.74, 6) is 0.761. The van der Waals surface area contributed by atoms with Crippen molar-refractivity contribution < 1.29 is 13.2 Å². The third-order valence-electron chi connectivity index (χ3n) is 5.71.